The number of rotatable bonds is 9. The summed E-state index contributed by atoms with van der Waals surface area (Å²) in [5.74, 6) is 1.58. The topological polar surface area (TPSA) is 55.8 Å². The van der Waals surface area contributed by atoms with Crippen LogP contribution in [0.5, 0.6) is 11.5 Å². The molecule has 6 heteroatoms. The maximum absolute atomic E-state index is 12.9. The van der Waals surface area contributed by atoms with Crippen molar-refractivity contribution < 1.29 is 19.1 Å². The fraction of sp³-hybridized carbons (Fsp3) is 0.267. The smallest absolute Gasteiger partial charge is 0.293 e. The van der Waals surface area contributed by atoms with Gasteiger partial charge in [-0.1, -0.05) is 67.9 Å². The second-order valence-corrected chi connectivity index (χ2v) is 10.2. The minimum Gasteiger partial charge on any atom is -0.491 e. The van der Waals surface area contributed by atoms with Gasteiger partial charge in [0.25, 0.3) is 11.1 Å². The minimum absolute atomic E-state index is 0.208. The number of thioether (sulfide) groups is 1. The van der Waals surface area contributed by atoms with E-state index in [0.29, 0.717) is 17.4 Å². The molecule has 1 heterocycles. The largest absolute Gasteiger partial charge is 0.491 e. The summed E-state index contributed by atoms with van der Waals surface area (Å²) in [5, 5.41) is -0.277. The SMILES string of the molecule is Cc1cccc(COc2ccc(/C=C3\SC(=O)N(CCOc4cc(C)ccc4C(C)C)C3=O)cc2)c1. The Labute approximate surface area is 217 Å². The Morgan fingerprint density at radius 3 is 2.39 bits per heavy atom. The lowest BCUT2D eigenvalue weighted by Gasteiger charge is -2.17. The molecule has 0 N–H and O–H groups in total. The lowest BCUT2D eigenvalue weighted by Crippen LogP contribution is -2.32. The normalized spacial score (nSPS) is 14.7. The summed E-state index contributed by atoms with van der Waals surface area (Å²) in [6, 6.07) is 21.8. The predicted octanol–water partition coefficient (Wildman–Crippen LogP) is 7.12. The molecule has 0 bridgehead atoms. The van der Waals surface area contributed by atoms with E-state index in [-0.39, 0.29) is 24.3 Å². The van der Waals surface area contributed by atoms with Gasteiger partial charge in [0.1, 0.15) is 24.7 Å². The molecule has 4 rings (SSSR count). The number of carbonyl (C=O) groups is 2. The summed E-state index contributed by atoms with van der Waals surface area (Å²) >= 11 is 0.958. The molecule has 3 aromatic rings. The van der Waals surface area contributed by atoms with Crippen molar-refractivity contribution in [3.63, 3.8) is 0 Å². The van der Waals surface area contributed by atoms with Crippen LogP contribution >= 0.6 is 11.8 Å². The zero-order chi connectivity index (χ0) is 25.7. The van der Waals surface area contributed by atoms with Crippen molar-refractivity contribution >= 4 is 29.0 Å². The van der Waals surface area contributed by atoms with Crippen LogP contribution in [0.25, 0.3) is 6.08 Å². The van der Waals surface area contributed by atoms with Gasteiger partial charge >= 0.3 is 0 Å². The Bertz CT molecular complexity index is 1280. The van der Waals surface area contributed by atoms with E-state index in [1.807, 2.05) is 49.4 Å². The molecular formula is C30H31NO4S. The number of amides is 2. The fourth-order valence-corrected chi connectivity index (χ4v) is 4.83. The van der Waals surface area contributed by atoms with Crippen molar-refractivity contribution in [1.82, 2.24) is 4.90 Å². The highest BCUT2D eigenvalue weighted by Crippen LogP contribution is 2.33. The molecule has 0 unspecified atom stereocenters. The zero-order valence-corrected chi connectivity index (χ0v) is 21.9. The Kier molecular flexibility index (Phi) is 8.16. The van der Waals surface area contributed by atoms with E-state index in [1.165, 1.54) is 10.5 Å². The van der Waals surface area contributed by atoms with Crippen LogP contribution in [0.2, 0.25) is 0 Å². The predicted molar refractivity (Wildman–Crippen MR) is 145 cm³/mol. The van der Waals surface area contributed by atoms with Crippen molar-refractivity contribution in [2.75, 3.05) is 13.2 Å². The minimum atomic E-state index is -0.290. The van der Waals surface area contributed by atoms with E-state index in [4.69, 9.17) is 9.47 Å². The van der Waals surface area contributed by atoms with Crippen LogP contribution in [0.1, 0.15) is 47.6 Å². The summed E-state index contributed by atoms with van der Waals surface area (Å²) in [6.07, 6.45) is 1.74. The summed E-state index contributed by atoms with van der Waals surface area (Å²) in [6.45, 7) is 9.24. The highest BCUT2D eigenvalue weighted by Gasteiger charge is 2.34. The zero-order valence-electron chi connectivity index (χ0n) is 21.1. The summed E-state index contributed by atoms with van der Waals surface area (Å²) in [4.78, 5) is 27.0. The molecule has 1 aliphatic heterocycles. The summed E-state index contributed by atoms with van der Waals surface area (Å²) in [5.41, 5.74) is 5.36. The number of nitrogens with zero attached hydrogens (tertiary/aromatic N) is 1. The van der Waals surface area contributed by atoms with Gasteiger partial charge in [-0.25, -0.2) is 0 Å². The molecule has 1 aliphatic rings. The second kappa shape index (κ2) is 11.5. The maximum atomic E-state index is 12.9. The first kappa shape index (κ1) is 25.6. The van der Waals surface area contributed by atoms with E-state index in [2.05, 4.69) is 45.0 Å². The third-order valence-electron chi connectivity index (χ3n) is 5.90. The first-order chi connectivity index (χ1) is 17.3. The number of hydrogen-bond donors (Lipinski definition) is 0. The average Bonchev–Trinajstić information content (AvgIpc) is 3.11. The standard InChI is InChI=1S/C30H31NO4S/c1-20(2)26-13-8-22(4)17-27(26)34-15-14-31-29(32)28(36-30(31)33)18-23-9-11-25(12-10-23)35-19-24-7-5-6-21(3)16-24/h5-13,16-18,20H,14-15,19H2,1-4H3/b28-18-. The van der Waals surface area contributed by atoms with E-state index in [1.54, 1.807) is 6.08 Å². The first-order valence-electron chi connectivity index (χ1n) is 12.1. The highest BCUT2D eigenvalue weighted by molar-refractivity contribution is 8.18. The quantitative estimate of drug-likeness (QED) is 0.292. The number of aryl methyl sites for hydroxylation is 2. The number of carbonyl (C=O) groups excluding carboxylic acids is 2. The van der Waals surface area contributed by atoms with Crippen LogP contribution in [0.15, 0.2) is 71.6 Å². The van der Waals surface area contributed by atoms with Gasteiger partial charge < -0.3 is 9.47 Å². The number of ether oxygens (including phenoxy) is 2. The number of benzene rings is 3. The van der Waals surface area contributed by atoms with Crippen molar-refractivity contribution in [3.8, 4) is 11.5 Å². The lowest BCUT2D eigenvalue weighted by atomic mass is 10.0. The molecule has 2 amide bonds. The van der Waals surface area contributed by atoms with E-state index < -0.39 is 0 Å². The van der Waals surface area contributed by atoms with Gasteiger partial charge in [-0.2, -0.15) is 0 Å². The molecule has 0 aliphatic carbocycles. The molecule has 0 atom stereocenters. The molecule has 0 radical (unpaired) electrons. The number of imide groups is 1. The van der Waals surface area contributed by atoms with Gasteiger partial charge in [-0.3, -0.25) is 14.5 Å². The van der Waals surface area contributed by atoms with Crippen molar-refractivity contribution in [3.05, 3.63) is 99.5 Å². The third-order valence-corrected chi connectivity index (χ3v) is 6.81. The van der Waals surface area contributed by atoms with Crippen LogP contribution < -0.4 is 9.47 Å². The van der Waals surface area contributed by atoms with Crippen LogP contribution in [0.4, 0.5) is 4.79 Å². The van der Waals surface area contributed by atoms with Gasteiger partial charge in [0.15, 0.2) is 0 Å². The third kappa shape index (κ3) is 6.38. The molecule has 3 aromatic carbocycles. The highest BCUT2D eigenvalue weighted by atomic mass is 32.2. The van der Waals surface area contributed by atoms with Gasteiger partial charge in [0.2, 0.25) is 0 Å². The first-order valence-corrected chi connectivity index (χ1v) is 12.9. The summed E-state index contributed by atoms with van der Waals surface area (Å²) in [7, 11) is 0. The van der Waals surface area contributed by atoms with Crippen LogP contribution in [-0.4, -0.2) is 29.2 Å². The van der Waals surface area contributed by atoms with Crippen molar-refractivity contribution in [1.29, 1.82) is 0 Å². The molecule has 0 saturated carbocycles. The fourth-order valence-electron chi connectivity index (χ4n) is 3.96. The molecule has 0 aromatic heterocycles. The Hall–Kier alpha value is -3.51. The molecule has 1 saturated heterocycles. The molecule has 186 valence electrons. The van der Waals surface area contributed by atoms with Gasteiger partial charge in [-0.15, -0.1) is 0 Å². The molecule has 0 spiro atoms. The Morgan fingerprint density at radius 1 is 0.917 bits per heavy atom. The van der Waals surface area contributed by atoms with Gasteiger partial charge in [-0.05, 0) is 78.1 Å². The van der Waals surface area contributed by atoms with Crippen molar-refractivity contribution in [2.24, 2.45) is 0 Å². The number of hydrogen-bond acceptors (Lipinski definition) is 5. The second-order valence-electron chi connectivity index (χ2n) is 9.22. The molecule has 5 nitrogen and oxygen atoms in total. The maximum Gasteiger partial charge on any atom is 0.293 e. The summed E-state index contributed by atoms with van der Waals surface area (Å²) < 4.78 is 11.8. The average molecular weight is 502 g/mol. The Balaban J connectivity index is 1.34. The van der Waals surface area contributed by atoms with Gasteiger partial charge in [0, 0.05) is 0 Å². The van der Waals surface area contributed by atoms with E-state index in [0.717, 1.165) is 45.5 Å². The Morgan fingerprint density at radius 2 is 1.67 bits per heavy atom. The molecular weight excluding hydrogens is 470 g/mol. The van der Waals surface area contributed by atoms with Crippen LogP contribution in [-0.2, 0) is 11.4 Å². The van der Waals surface area contributed by atoms with Crippen molar-refractivity contribution in [2.45, 2.75) is 40.2 Å². The van der Waals surface area contributed by atoms with Crippen LogP contribution in [0, 0.1) is 13.8 Å². The monoisotopic (exact) mass is 501 g/mol. The van der Waals surface area contributed by atoms with Gasteiger partial charge in [0.05, 0.1) is 11.4 Å². The van der Waals surface area contributed by atoms with E-state index in [9.17, 15) is 9.59 Å². The molecule has 36 heavy (non-hydrogen) atoms. The lowest BCUT2D eigenvalue weighted by molar-refractivity contribution is -0.123. The van der Waals surface area contributed by atoms with E-state index >= 15 is 0 Å². The van der Waals surface area contributed by atoms with Crippen LogP contribution in [0.3, 0.4) is 0 Å². The molecule has 1 fully saturated rings.